The molecule has 0 spiro atoms. The molecule has 0 aromatic heterocycles. The molecule has 0 aliphatic rings. The number of hydrogen-bond donors (Lipinski definition) is 0. The van der Waals surface area contributed by atoms with Gasteiger partial charge in [-0.3, -0.25) is 6.29 Å². The largest absolute Gasteiger partial charge is 2.00 e. The first-order chi connectivity index (χ1) is 19.7. The molecule has 4 heteroatoms. The Hall–Kier alpha value is -2.42. The number of rotatable bonds is 13. The molecular weight excluding hydrogens is 717 g/mol. The van der Waals surface area contributed by atoms with E-state index in [0.29, 0.717) is 6.42 Å². The Bertz CT molecular complexity index is 1010. The summed E-state index contributed by atoms with van der Waals surface area (Å²) in [5.74, 6) is 0. The number of carbonyl (C=O) groups excluding carboxylic acids is 1. The second kappa shape index (κ2) is 24.2. The average Bonchev–Trinajstić information content (AvgIpc) is 3.03. The maximum Gasteiger partial charge on any atom is 2.00 e. The third-order valence-corrected chi connectivity index (χ3v) is 11.1. The van der Waals surface area contributed by atoms with Gasteiger partial charge in [-0.15, -0.1) is 19.6 Å². The van der Waals surface area contributed by atoms with E-state index >= 15 is 0 Å². The molecule has 0 saturated carbocycles. The van der Waals surface area contributed by atoms with Gasteiger partial charge in [0.05, 0.1) is 0 Å². The Morgan fingerprint density at radius 3 is 1.10 bits per heavy atom. The van der Waals surface area contributed by atoms with E-state index in [1.54, 1.807) is 12.4 Å². The Morgan fingerprint density at radius 2 is 0.902 bits per heavy atom. The van der Waals surface area contributed by atoms with Gasteiger partial charge >= 0.3 is 21.1 Å². The third-order valence-electron chi connectivity index (χ3n) is 5.89. The first-order valence-electron chi connectivity index (χ1n) is 13.9. The fraction of sp³-hybridized carbons (Fsp3) is 0.189. The molecule has 0 amide bonds. The molecule has 0 heterocycles. The molecule has 0 radical (unpaired) electrons. The van der Waals surface area contributed by atoms with Gasteiger partial charge in [-0.1, -0.05) is 146 Å². The maximum atomic E-state index is 9.39. The second-order valence-electron chi connectivity index (χ2n) is 8.90. The van der Waals surface area contributed by atoms with E-state index in [4.69, 9.17) is 0 Å². The zero-order valence-corrected chi connectivity index (χ0v) is 28.0. The molecule has 0 saturated heterocycles. The molecule has 0 bridgehead atoms. The molecule has 4 aromatic rings. The van der Waals surface area contributed by atoms with Crippen LogP contribution in [0.3, 0.4) is 0 Å². The van der Waals surface area contributed by atoms with Crippen LogP contribution < -0.4 is 21.2 Å². The van der Waals surface area contributed by atoms with Crippen molar-refractivity contribution in [2.45, 2.75) is 32.1 Å². The predicted octanol–water partition coefficient (Wildman–Crippen LogP) is 8.49. The Kier molecular flexibility index (Phi) is 21.6. The molecular formula is C37H42OP2Pt. The molecule has 0 atom stereocenters. The molecule has 216 valence electrons. The van der Waals surface area contributed by atoms with Crippen LogP contribution in [-0.4, -0.2) is 18.6 Å². The van der Waals surface area contributed by atoms with E-state index in [9.17, 15) is 4.79 Å². The van der Waals surface area contributed by atoms with Gasteiger partial charge in [0.1, 0.15) is 0 Å². The summed E-state index contributed by atoms with van der Waals surface area (Å²) in [5, 5.41) is 5.94. The van der Waals surface area contributed by atoms with E-state index < -0.39 is 0 Å². The number of allylic oxidation sites excluding steroid dienone is 2. The van der Waals surface area contributed by atoms with E-state index in [-0.39, 0.29) is 36.9 Å². The minimum absolute atomic E-state index is 0. The van der Waals surface area contributed by atoms with Crippen molar-refractivity contribution in [2.24, 2.45) is 0 Å². The van der Waals surface area contributed by atoms with Crippen LogP contribution in [0.2, 0.25) is 0 Å². The molecule has 0 fully saturated rings. The monoisotopic (exact) mass is 759 g/mol. The van der Waals surface area contributed by atoms with Gasteiger partial charge in [-0.25, -0.2) is 0 Å². The van der Waals surface area contributed by atoms with Crippen molar-refractivity contribution >= 4 is 43.3 Å². The average molecular weight is 760 g/mol. The van der Waals surface area contributed by atoms with E-state index in [2.05, 4.69) is 141 Å². The fourth-order valence-corrected chi connectivity index (χ4v) is 8.89. The van der Waals surface area contributed by atoms with Gasteiger partial charge in [-0.2, -0.15) is 6.42 Å². The summed E-state index contributed by atoms with van der Waals surface area (Å²) in [6, 6.07) is 44.3. The van der Waals surface area contributed by atoms with Crippen LogP contribution in [-0.2, 0) is 25.9 Å². The molecule has 4 rings (SSSR count). The fourth-order valence-electron chi connectivity index (χ4n) is 3.94. The Labute approximate surface area is 266 Å². The maximum absolute atomic E-state index is 9.39. The normalized spacial score (nSPS) is 9.83. The van der Waals surface area contributed by atoms with Gasteiger partial charge in [0.2, 0.25) is 0 Å². The number of hydrogen-bond acceptors (Lipinski definition) is 1. The smallest absolute Gasteiger partial charge is 0.542 e. The SMILES string of the molecule is C=CCC[C-]=O.C=CCC[CH2-].[Pt+2].c1ccc(P(CCCP(c2ccccc2)c2ccccc2)c2ccccc2)cc1. The summed E-state index contributed by atoms with van der Waals surface area (Å²) < 4.78 is 0. The van der Waals surface area contributed by atoms with Gasteiger partial charge in [0, 0.05) is 0 Å². The van der Waals surface area contributed by atoms with Gasteiger partial charge in [0.15, 0.2) is 0 Å². The van der Waals surface area contributed by atoms with Crippen LogP contribution >= 0.6 is 15.8 Å². The quantitative estimate of drug-likeness (QED) is 0.0579. The number of benzene rings is 4. The summed E-state index contributed by atoms with van der Waals surface area (Å²) in [6.07, 6.45) is 12.3. The van der Waals surface area contributed by atoms with Gasteiger partial charge < -0.3 is 11.7 Å². The van der Waals surface area contributed by atoms with Crippen molar-refractivity contribution in [3.8, 4) is 0 Å². The van der Waals surface area contributed by atoms with Crippen molar-refractivity contribution in [2.75, 3.05) is 12.3 Å². The molecule has 41 heavy (non-hydrogen) atoms. The van der Waals surface area contributed by atoms with Crippen LogP contribution in [0.4, 0.5) is 0 Å². The Morgan fingerprint density at radius 1 is 0.585 bits per heavy atom. The number of unbranched alkanes of at least 4 members (excludes halogenated alkanes) is 2. The molecule has 0 aliphatic heterocycles. The van der Waals surface area contributed by atoms with Crippen LogP contribution in [0.1, 0.15) is 32.1 Å². The van der Waals surface area contributed by atoms with Crippen LogP contribution in [0.25, 0.3) is 0 Å². The minimum atomic E-state index is -0.309. The third kappa shape index (κ3) is 14.9. The van der Waals surface area contributed by atoms with E-state index in [1.807, 2.05) is 6.08 Å². The van der Waals surface area contributed by atoms with Gasteiger partial charge in [0.25, 0.3) is 0 Å². The molecule has 1 nitrogen and oxygen atoms in total. The molecule has 0 aliphatic carbocycles. The van der Waals surface area contributed by atoms with E-state index in [1.165, 1.54) is 40.0 Å². The first kappa shape index (κ1) is 36.6. The first-order valence-corrected chi connectivity index (χ1v) is 16.9. The summed E-state index contributed by atoms with van der Waals surface area (Å²) in [5.41, 5.74) is 0. The van der Waals surface area contributed by atoms with Crippen LogP contribution in [0.15, 0.2) is 147 Å². The summed E-state index contributed by atoms with van der Waals surface area (Å²) in [4.78, 5) is 9.39. The van der Waals surface area contributed by atoms with E-state index in [0.717, 1.165) is 19.3 Å². The summed E-state index contributed by atoms with van der Waals surface area (Å²) >= 11 is 0. The van der Waals surface area contributed by atoms with Crippen molar-refractivity contribution in [1.29, 1.82) is 0 Å². The topological polar surface area (TPSA) is 17.1 Å². The second-order valence-corrected chi connectivity index (χ2v) is 13.6. The zero-order chi connectivity index (χ0) is 28.7. The standard InChI is InChI=1S/C27H26P2.C5H7O.C5H9.Pt/c1-5-14-24(15-6-1)28(25-16-7-2-8-17-25)22-13-23-29(26-18-9-3-10-19-26)27-20-11-4-12-21-27;1-2-3-4-5-6;1-3-5-4-2;/h1-12,14-21H,13,22-23H2;2H,1,3-4H2;3H,1-2,4-5H2;/q;2*-1;+2. The van der Waals surface area contributed by atoms with Crippen LogP contribution in [0.5, 0.6) is 0 Å². The van der Waals surface area contributed by atoms with Crippen molar-refractivity contribution in [1.82, 2.24) is 0 Å². The predicted molar refractivity (Wildman–Crippen MR) is 182 cm³/mol. The summed E-state index contributed by atoms with van der Waals surface area (Å²) in [6.45, 7) is 10.5. The zero-order valence-electron chi connectivity index (χ0n) is 23.9. The Balaban J connectivity index is 0.000000599. The van der Waals surface area contributed by atoms with Crippen molar-refractivity contribution < 1.29 is 25.9 Å². The van der Waals surface area contributed by atoms with Crippen molar-refractivity contribution in [3.05, 3.63) is 154 Å². The summed E-state index contributed by atoms with van der Waals surface area (Å²) in [7, 11) is -0.618. The molecule has 0 unspecified atom stereocenters. The van der Waals surface area contributed by atoms with Gasteiger partial charge in [-0.05, 0) is 55.8 Å². The minimum Gasteiger partial charge on any atom is -0.542 e. The molecule has 4 aromatic carbocycles. The van der Waals surface area contributed by atoms with Crippen LogP contribution in [0, 0.1) is 6.92 Å². The molecule has 0 N–H and O–H groups in total. The van der Waals surface area contributed by atoms with Crippen molar-refractivity contribution in [3.63, 3.8) is 0 Å².